The summed E-state index contributed by atoms with van der Waals surface area (Å²) < 4.78 is 22.4. The van der Waals surface area contributed by atoms with Crippen molar-refractivity contribution in [2.45, 2.75) is 6.54 Å². The van der Waals surface area contributed by atoms with Gasteiger partial charge in [-0.25, -0.2) is 0 Å². The van der Waals surface area contributed by atoms with Gasteiger partial charge in [0, 0.05) is 49.0 Å². The number of rotatable bonds is 7. The van der Waals surface area contributed by atoms with Crippen molar-refractivity contribution in [3.05, 3.63) is 76.0 Å². The Kier molecular flexibility index (Phi) is 7.35. The van der Waals surface area contributed by atoms with Crippen LogP contribution >= 0.6 is 11.6 Å². The van der Waals surface area contributed by atoms with Crippen LogP contribution in [0.2, 0.25) is 5.02 Å². The third-order valence-electron chi connectivity index (χ3n) is 6.86. The molecule has 1 saturated heterocycles. The molecule has 0 bridgehead atoms. The molecule has 0 aliphatic carbocycles. The highest BCUT2D eigenvalue weighted by molar-refractivity contribution is 6.30. The van der Waals surface area contributed by atoms with Crippen molar-refractivity contribution in [2.24, 2.45) is 0 Å². The minimum absolute atomic E-state index is 0.0961. The maximum absolute atomic E-state index is 13.3. The fourth-order valence-corrected chi connectivity index (χ4v) is 5.07. The van der Waals surface area contributed by atoms with Gasteiger partial charge in [-0.3, -0.25) is 9.69 Å². The number of carbonyl (C=O) groups is 1. The lowest BCUT2D eigenvalue weighted by Crippen LogP contribution is -2.46. The van der Waals surface area contributed by atoms with Crippen molar-refractivity contribution in [1.82, 2.24) is 4.90 Å². The summed E-state index contributed by atoms with van der Waals surface area (Å²) >= 11 is 6.16. The zero-order valence-corrected chi connectivity index (χ0v) is 22.2. The first-order valence-electron chi connectivity index (χ1n) is 12.2. The predicted octanol–water partition coefficient (Wildman–Crippen LogP) is 5.01. The van der Waals surface area contributed by atoms with E-state index in [0.29, 0.717) is 51.3 Å². The predicted molar refractivity (Wildman–Crippen MR) is 146 cm³/mol. The van der Waals surface area contributed by atoms with Crippen LogP contribution in [0.1, 0.15) is 21.5 Å². The van der Waals surface area contributed by atoms with Crippen molar-refractivity contribution in [3.63, 3.8) is 0 Å². The molecule has 8 nitrogen and oxygen atoms in total. The molecule has 1 fully saturated rings. The van der Waals surface area contributed by atoms with Gasteiger partial charge in [-0.2, -0.15) is 0 Å². The average Bonchev–Trinajstić information content (AvgIpc) is 3.25. The average molecular weight is 537 g/mol. The Bertz CT molecular complexity index is 1400. The quantitative estimate of drug-likeness (QED) is 0.422. The molecule has 0 spiro atoms. The van der Waals surface area contributed by atoms with Crippen LogP contribution in [0.15, 0.2) is 54.3 Å². The van der Waals surface area contributed by atoms with E-state index in [1.54, 1.807) is 37.5 Å². The van der Waals surface area contributed by atoms with E-state index in [-0.39, 0.29) is 17.3 Å². The van der Waals surface area contributed by atoms with Crippen LogP contribution in [0.25, 0.3) is 6.08 Å². The van der Waals surface area contributed by atoms with E-state index in [1.807, 2.05) is 18.2 Å². The van der Waals surface area contributed by atoms with E-state index in [1.165, 1.54) is 14.2 Å². The summed E-state index contributed by atoms with van der Waals surface area (Å²) in [5.74, 6) is 1.72. The van der Waals surface area contributed by atoms with Crippen molar-refractivity contribution < 1.29 is 28.8 Å². The number of aromatic hydroxyl groups is 1. The van der Waals surface area contributed by atoms with Crippen LogP contribution in [-0.4, -0.2) is 63.3 Å². The van der Waals surface area contributed by atoms with Gasteiger partial charge >= 0.3 is 0 Å². The number of phenolic OH excluding ortho intramolecular Hbond substituents is 1. The number of ether oxygens (including phenoxy) is 4. The van der Waals surface area contributed by atoms with E-state index in [0.717, 1.165) is 31.9 Å². The van der Waals surface area contributed by atoms with Gasteiger partial charge in [0.05, 0.1) is 32.5 Å². The molecule has 9 heteroatoms. The highest BCUT2D eigenvalue weighted by atomic mass is 35.5. The molecule has 3 aromatic rings. The Morgan fingerprint density at radius 3 is 2.42 bits per heavy atom. The van der Waals surface area contributed by atoms with E-state index < -0.39 is 0 Å². The molecule has 38 heavy (non-hydrogen) atoms. The van der Waals surface area contributed by atoms with Crippen molar-refractivity contribution in [2.75, 3.05) is 52.4 Å². The number of Topliss-reactive ketones (excluding diaryl/α,β-unsaturated/α-hetero) is 1. The summed E-state index contributed by atoms with van der Waals surface area (Å²) in [6.45, 7) is 3.67. The standard InChI is InChI=1S/C29H29ClN2O6/c1-35-24-10-7-18(27(36-2)29(24)37-3)15-25-26(34)21-8-9-23(33)22(28(21)38-25)17-31-11-13-32(14-12-31)20-6-4-5-19(30)16-20/h4-10,15-16,33H,11-14,17H2,1-3H3/b25-15-. The Morgan fingerprint density at radius 2 is 1.74 bits per heavy atom. The second kappa shape index (κ2) is 10.8. The highest BCUT2D eigenvalue weighted by Crippen LogP contribution is 2.43. The van der Waals surface area contributed by atoms with E-state index in [9.17, 15) is 9.90 Å². The van der Waals surface area contributed by atoms with Crippen LogP contribution in [0, 0.1) is 0 Å². The number of hydrogen-bond acceptors (Lipinski definition) is 8. The summed E-state index contributed by atoms with van der Waals surface area (Å²) in [6, 6.07) is 14.5. The smallest absolute Gasteiger partial charge is 0.231 e. The minimum atomic E-state index is -0.260. The molecule has 0 aromatic heterocycles. The number of methoxy groups -OCH3 is 3. The number of benzene rings is 3. The number of phenols is 1. The number of hydrogen-bond donors (Lipinski definition) is 1. The van der Waals surface area contributed by atoms with Crippen LogP contribution in [0.4, 0.5) is 5.69 Å². The third kappa shape index (κ3) is 4.85. The number of halogens is 1. The largest absolute Gasteiger partial charge is 0.507 e. The third-order valence-corrected chi connectivity index (χ3v) is 7.10. The number of fused-ring (bicyclic) bond motifs is 1. The van der Waals surface area contributed by atoms with Gasteiger partial charge in [0.2, 0.25) is 11.5 Å². The van der Waals surface area contributed by atoms with E-state index >= 15 is 0 Å². The number of piperazine rings is 1. The molecule has 2 aliphatic heterocycles. The van der Waals surface area contributed by atoms with Crippen molar-refractivity contribution >= 4 is 29.1 Å². The molecule has 0 atom stereocenters. The molecule has 0 radical (unpaired) electrons. The second-order valence-corrected chi connectivity index (χ2v) is 9.48. The molecule has 0 saturated carbocycles. The normalized spacial score (nSPS) is 16.4. The number of ketones is 1. The molecule has 198 valence electrons. The summed E-state index contributed by atoms with van der Waals surface area (Å²) in [4.78, 5) is 17.8. The lowest BCUT2D eigenvalue weighted by molar-refractivity contribution is 0.101. The molecule has 3 aromatic carbocycles. The minimum Gasteiger partial charge on any atom is -0.507 e. The Balaban J connectivity index is 1.37. The van der Waals surface area contributed by atoms with E-state index in [2.05, 4.69) is 15.9 Å². The number of carbonyl (C=O) groups excluding carboxylic acids is 1. The first-order chi connectivity index (χ1) is 18.4. The zero-order chi connectivity index (χ0) is 26.8. The topological polar surface area (TPSA) is 80.7 Å². The van der Waals surface area contributed by atoms with Gasteiger partial charge in [0.15, 0.2) is 17.3 Å². The molecule has 1 N–H and O–H groups in total. The fourth-order valence-electron chi connectivity index (χ4n) is 4.89. The van der Waals surface area contributed by atoms with Gasteiger partial charge in [0.25, 0.3) is 0 Å². The molecule has 5 rings (SSSR count). The molecule has 0 unspecified atom stereocenters. The first-order valence-corrected chi connectivity index (χ1v) is 12.6. The number of anilines is 1. The van der Waals surface area contributed by atoms with Gasteiger partial charge < -0.3 is 29.0 Å². The molecule has 2 heterocycles. The summed E-state index contributed by atoms with van der Waals surface area (Å²) in [6.07, 6.45) is 1.62. The first kappa shape index (κ1) is 25.8. The Hall–Kier alpha value is -3.88. The van der Waals surface area contributed by atoms with Crippen LogP contribution in [0.5, 0.6) is 28.7 Å². The van der Waals surface area contributed by atoms with Crippen LogP contribution in [0.3, 0.4) is 0 Å². The van der Waals surface area contributed by atoms with Gasteiger partial charge in [-0.1, -0.05) is 17.7 Å². The molecular weight excluding hydrogens is 508 g/mol. The monoisotopic (exact) mass is 536 g/mol. The lowest BCUT2D eigenvalue weighted by Gasteiger charge is -2.36. The Morgan fingerprint density at radius 1 is 0.974 bits per heavy atom. The van der Waals surface area contributed by atoms with Crippen molar-refractivity contribution in [1.29, 1.82) is 0 Å². The van der Waals surface area contributed by atoms with E-state index in [4.69, 9.17) is 30.5 Å². The maximum atomic E-state index is 13.3. The Labute approximate surface area is 226 Å². The summed E-state index contributed by atoms with van der Waals surface area (Å²) in [7, 11) is 4.59. The molecule has 0 amide bonds. The lowest BCUT2D eigenvalue weighted by atomic mass is 10.0. The van der Waals surface area contributed by atoms with Gasteiger partial charge in [0.1, 0.15) is 11.5 Å². The maximum Gasteiger partial charge on any atom is 0.231 e. The van der Waals surface area contributed by atoms with Crippen molar-refractivity contribution in [3.8, 4) is 28.7 Å². The summed E-state index contributed by atoms with van der Waals surface area (Å²) in [5.41, 5.74) is 2.70. The molecular formula is C29H29ClN2O6. The summed E-state index contributed by atoms with van der Waals surface area (Å²) in [5, 5.41) is 11.4. The SMILES string of the molecule is COc1ccc(/C=C2\Oc3c(ccc(O)c3CN3CCN(c4cccc(Cl)c4)CC3)C2=O)c(OC)c1OC. The van der Waals surface area contributed by atoms with Gasteiger partial charge in [-0.15, -0.1) is 0 Å². The van der Waals surface area contributed by atoms with Crippen LogP contribution < -0.4 is 23.8 Å². The zero-order valence-electron chi connectivity index (χ0n) is 21.5. The van der Waals surface area contributed by atoms with Gasteiger partial charge in [-0.05, 0) is 48.5 Å². The number of nitrogens with zero attached hydrogens (tertiary/aromatic N) is 2. The second-order valence-electron chi connectivity index (χ2n) is 9.05. The molecule has 2 aliphatic rings. The fraction of sp³-hybridized carbons (Fsp3) is 0.276. The van der Waals surface area contributed by atoms with Crippen LogP contribution in [-0.2, 0) is 6.54 Å². The highest BCUT2D eigenvalue weighted by Gasteiger charge is 2.32. The number of allylic oxidation sites excluding steroid dienone is 1.